The molecule has 0 spiro atoms. The van der Waals surface area contributed by atoms with Crippen LogP contribution in [0.25, 0.3) is 0 Å². The van der Waals surface area contributed by atoms with Gasteiger partial charge in [0.1, 0.15) is 43.3 Å². The molecule has 42 heavy (non-hydrogen) atoms. The highest BCUT2D eigenvalue weighted by atomic mass is 16.5. The van der Waals surface area contributed by atoms with Crippen LogP contribution in [-0.2, 0) is 27.3 Å². The van der Waals surface area contributed by atoms with E-state index in [1.54, 1.807) is 7.11 Å². The minimum absolute atomic E-state index is 0.114. The van der Waals surface area contributed by atoms with Crippen LogP contribution in [0.1, 0.15) is 61.4 Å². The van der Waals surface area contributed by atoms with E-state index in [1.807, 2.05) is 0 Å². The Bertz CT molecular complexity index is 1270. The molecule has 214 valence electrons. The Kier molecular flexibility index (Phi) is 8.60. The Morgan fingerprint density at radius 2 is 1.67 bits per heavy atom. The molecule has 0 N–H and O–H groups in total. The van der Waals surface area contributed by atoms with Gasteiger partial charge < -0.3 is 19.3 Å². The summed E-state index contributed by atoms with van der Waals surface area (Å²) in [6, 6.07) is 2.61. The molecule has 1 saturated heterocycles. The van der Waals surface area contributed by atoms with Crippen molar-refractivity contribution in [2.75, 3.05) is 31.7 Å². The molecule has 1 aromatic rings. The maximum atomic E-state index is 14.1. The van der Waals surface area contributed by atoms with Crippen LogP contribution in [0.4, 0.5) is 5.82 Å². The lowest BCUT2D eigenvalue weighted by Crippen LogP contribution is -2.79. The normalized spacial score (nSPS) is 24.0. The molecular formula is C25H46B10N4O3. The van der Waals surface area contributed by atoms with E-state index in [2.05, 4.69) is 108 Å². The third kappa shape index (κ3) is 5.46. The number of nitrogens with zero attached hydrogens (tertiary/aromatic N) is 4. The molecule has 1 aromatic heterocycles. The predicted molar refractivity (Wildman–Crippen MR) is 198 cm³/mol. The number of nitriles is 1. The average Bonchev–Trinajstić information content (AvgIpc) is 3.70. The van der Waals surface area contributed by atoms with E-state index in [4.69, 9.17) is 14.5 Å². The number of ether oxygens (including phenoxy) is 2. The van der Waals surface area contributed by atoms with E-state index in [0.29, 0.717) is 50.6 Å². The lowest BCUT2D eigenvalue weighted by atomic mass is 9.10. The molecule has 2 aliphatic heterocycles. The zero-order chi connectivity index (χ0) is 31.7. The quantitative estimate of drug-likeness (QED) is 0.296. The van der Waals surface area contributed by atoms with Gasteiger partial charge in [0.25, 0.3) is 0 Å². The highest BCUT2D eigenvalue weighted by Gasteiger charge is 2.62. The van der Waals surface area contributed by atoms with Crippen LogP contribution >= 0.6 is 0 Å². The molecule has 1 atom stereocenters. The standard InChI is InChI=1S/C25H46B10N4O3/c1-20(2)8-14-15(9-36)19(37-18(13-4-5-13)16(14)10-42-20)39-11-21(26,23(29,24(30,31)32)25(33,34)35)38(12-22(39,27)28)17(40)6-7-41-3/h13H,4-8,10-12,26-35H2,1-3H3. The third-order valence-electron chi connectivity index (χ3n) is 11.2. The predicted octanol–water partition coefficient (Wildman–Crippen LogP) is -6.65. The van der Waals surface area contributed by atoms with Crippen molar-refractivity contribution in [3.05, 3.63) is 22.4 Å². The summed E-state index contributed by atoms with van der Waals surface area (Å²) < 4.78 is 11.6. The highest BCUT2D eigenvalue weighted by molar-refractivity contribution is 6.70. The minimum Gasteiger partial charge on any atom is -0.384 e. The smallest absolute Gasteiger partial charge is 0.224 e. The lowest BCUT2D eigenvalue weighted by molar-refractivity contribution is -0.138. The Labute approximate surface area is 263 Å². The van der Waals surface area contributed by atoms with Gasteiger partial charge in [-0.2, -0.15) is 5.26 Å². The Balaban J connectivity index is 1.98. The number of carbonyl (C=O) groups is 1. The Morgan fingerprint density at radius 1 is 1.07 bits per heavy atom. The van der Waals surface area contributed by atoms with E-state index in [1.165, 1.54) is 0 Å². The van der Waals surface area contributed by atoms with Crippen molar-refractivity contribution in [3.63, 3.8) is 0 Å². The molecule has 17 heteroatoms. The second-order valence-corrected chi connectivity index (χ2v) is 16.8. The van der Waals surface area contributed by atoms with Crippen LogP contribution < -0.4 is 4.90 Å². The first-order valence-corrected chi connectivity index (χ1v) is 15.8. The van der Waals surface area contributed by atoms with Crippen molar-refractivity contribution in [1.29, 1.82) is 5.26 Å². The second-order valence-electron chi connectivity index (χ2n) is 16.8. The number of piperazine rings is 1. The zero-order valence-corrected chi connectivity index (χ0v) is 28.7. The number of amides is 1. The topological polar surface area (TPSA) is 78.7 Å². The maximum absolute atomic E-state index is 14.1. The highest BCUT2D eigenvalue weighted by Crippen LogP contribution is 2.64. The van der Waals surface area contributed by atoms with E-state index >= 15 is 0 Å². The molecule has 1 saturated carbocycles. The van der Waals surface area contributed by atoms with Gasteiger partial charge in [0, 0.05) is 43.5 Å². The molecule has 3 heterocycles. The van der Waals surface area contributed by atoms with E-state index in [9.17, 15) is 10.1 Å². The number of hydrogen-bond acceptors (Lipinski definition) is 6. The van der Waals surface area contributed by atoms with Gasteiger partial charge >= 0.3 is 0 Å². The number of aromatic nitrogens is 1. The number of anilines is 1. The first kappa shape index (κ1) is 33.4. The number of hydrogen-bond donors (Lipinski definition) is 0. The Hall–Kier alpha value is -1.52. The van der Waals surface area contributed by atoms with Crippen molar-refractivity contribution < 1.29 is 14.3 Å². The van der Waals surface area contributed by atoms with Gasteiger partial charge in [-0.05, 0) is 37.6 Å². The van der Waals surface area contributed by atoms with Crippen LogP contribution in [0.5, 0.6) is 0 Å². The third-order valence-corrected chi connectivity index (χ3v) is 11.2. The SMILES string of the molecule is BC1(B)CN(C(=O)CCOC)C(B)(C(B)(C(B)(B)B)C(B)(B)B)CN1c1nc(C2CC2)c2c(c1C#N)CC(C)(C)OC2. The zero-order valence-electron chi connectivity index (χ0n) is 28.7. The summed E-state index contributed by atoms with van der Waals surface area (Å²) in [4.78, 5) is 24.0. The summed E-state index contributed by atoms with van der Waals surface area (Å²) in [5.74, 6) is 1.32. The summed E-state index contributed by atoms with van der Waals surface area (Å²) in [6.45, 7) is 6.23. The van der Waals surface area contributed by atoms with Gasteiger partial charge in [0.2, 0.25) is 5.91 Å². The van der Waals surface area contributed by atoms with Crippen LogP contribution in [0.15, 0.2) is 0 Å². The van der Waals surface area contributed by atoms with Crippen molar-refractivity contribution in [2.24, 2.45) is 0 Å². The van der Waals surface area contributed by atoms with Gasteiger partial charge in [0.05, 0.1) is 83.6 Å². The summed E-state index contributed by atoms with van der Waals surface area (Å²) >= 11 is 0. The summed E-state index contributed by atoms with van der Waals surface area (Å²) in [5.41, 5.74) is 3.10. The van der Waals surface area contributed by atoms with Crippen molar-refractivity contribution in [3.8, 4) is 6.07 Å². The van der Waals surface area contributed by atoms with Gasteiger partial charge in [-0.15, -0.1) is 10.2 Å². The fourth-order valence-electron chi connectivity index (χ4n) is 8.26. The maximum Gasteiger partial charge on any atom is 0.224 e. The average molecular weight is 559 g/mol. The molecule has 3 aliphatic rings. The number of pyridine rings is 1. The number of carbonyl (C=O) groups excluding carboxylic acids is 1. The van der Waals surface area contributed by atoms with Gasteiger partial charge in [-0.1, -0.05) is 5.31 Å². The molecule has 0 radical (unpaired) electrons. The molecule has 0 aromatic carbocycles. The van der Waals surface area contributed by atoms with Crippen LogP contribution in [0, 0.1) is 11.3 Å². The number of fused-ring (bicyclic) bond motifs is 1. The van der Waals surface area contributed by atoms with Crippen LogP contribution in [0.3, 0.4) is 0 Å². The van der Waals surface area contributed by atoms with Gasteiger partial charge in [-0.3, -0.25) is 4.79 Å². The number of methoxy groups -OCH3 is 1. The van der Waals surface area contributed by atoms with Crippen molar-refractivity contribution in [1.82, 2.24) is 9.88 Å². The molecular weight excluding hydrogens is 512 g/mol. The second kappa shape index (κ2) is 10.8. The minimum atomic E-state index is -0.573. The fraction of sp³-hybridized carbons (Fsp3) is 0.720. The van der Waals surface area contributed by atoms with Crippen LogP contribution in [0.2, 0.25) is 15.5 Å². The molecule has 1 aliphatic carbocycles. The van der Waals surface area contributed by atoms with Crippen molar-refractivity contribution >= 4 is 90.2 Å². The molecule has 1 unspecified atom stereocenters. The van der Waals surface area contributed by atoms with E-state index in [-0.39, 0.29) is 27.0 Å². The Morgan fingerprint density at radius 3 is 2.17 bits per heavy atom. The largest absolute Gasteiger partial charge is 0.384 e. The molecule has 2 fully saturated rings. The van der Waals surface area contributed by atoms with Crippen molar-refractivity contribution in [2.45, 2.75) is 84.0 Å². The molecule has 7 nitrogen and oxygen atoms in total. The fourth-order valence-corrected chi connectivity index (χ4v) is 8.26. The van der Waals surface area contributed by atoms with E-state index in [0.717, 1.165) is 35.5 Å². The van der Waals surface area contributed by atoms with Gasteiger partial charge in [-0.25, -0.2) is 4.98 Å². The summed E-state index contributed by atoms with van der Waals surface area (Å²) in [5, 5.41) is 9.68. The molecule has 0 bridgehead atoms. The number of rotatable bonds is 8. The molecule has 4 rings (SSSR count). The summed E-state index contributed by atoms with van der Waals surface area (Å²) in [6.07, 6.45) is 3.29. The van der Waals surface area contributed by atoms with E-state index < -0.39 is 10.8 Å². The first-order valence-electron chi connectivity index (χ1n) is 15.8. The van der Waals surface area contributed by atoms with Gasteiger partial charge in [0.15, 0.2) is 0 Å². The summed E-state index contributed by atoms with van der Waals surface area (Å²) in [7, 11) is 24.5. The van der Waals surface area contributed by atoms with Crippen LogP contribution in [-0.4, -0.2) is 137 Å². The molecule has 1 amide bonds. The first-order chi connectivity index (χ1) is 19.1. The monoisotopic (exact) mass is 560 g/mol. The lowest BCUT2D eigenvalue weighted by Gasteiger charge is -2.71.